The van der Waals surface area contributed by atoms with E-state index in [9.17, 15) is 0 Å². The molecule has 0 spiro atoms. The van der Waals surface area contributed by atoms with Crippen LogP contribution >= 0.6 is 17.0 Å². The van der Waals surface area contributed by atoms with Crippen molar-refractivity contribution in [1.29, 1.82) is 0 Å². The van der Waals surface area contributed by atoms with Crippen molar-refractivity contribution in [3.8, 4) is 0 Å². The molecule has 6 unspecified atom stereocenters. The topological polar surface area (TPSA) is 0 Å². The first-order valence-corrected chi connectivity index (χ1v) is 24.3. The molecule has 50 heavy (non-hydrogen) atoms. The van der Waals surface area contributed by atoms with E-state index in [2.05, 4.69) is 132 Å². The van der Waals surface area contributed by atoms with Crippen LogP contribution in [0.25, 0.3) is 0 Å². The minimum atomic E-state index is -0.826. The predicted molar refractivity (Wildman–Crippen MR) is 229 cm³/mol. The Labute approximate surface area is 357 Å². The molecule has 0 N–H and O–H groups in total. The molecule has 4 saturated carbocycles. The molecule has 0 nitrogen and oxygen atoms in total. The fraction of sp³-hybridized carbons (Fsp3) is 0.696. The summed E-state index contributed by atoms with van der Waals surface area (Å²) < 4.78 is 0. The summed E-state index contributed by atoms with van der Waals surface area (Å²) in [5.41, 5.74) is 0. The van der Waals surface area contributed by atoms with Crippen LogP contribution < -0.4 is 0 Å². The van der Waals surface area contributed by atoms with E-state index in [0.29, 0.717) is 0 Å². The summed E-state index contributed by atoms with van der Waals surface area (Å²) in [6, 6.07) is 0. The minimum absolute atomic E-state index is 0. The van der Waals surface area contributed by atoms with Crippen LogP contribution in [-0.2, 0) is 47.1 Å². The average molecular weight is 893 g/mol. The van der Waals surface area contributed by atoms with Crippen molar-refractivity contribution < 1.29 is 47.1 Å². The van der Waals surface area contributed by atoms with Crippen LogP contribution in [0.15, 0.2) is 48.6 Å². The average Bonchev–Trinajstić information content (AvgIpc) is 3.68. The molecule has 6 rings (SSSR count). The van der Waals surface area contributed by atoms with Crippen LogP contribution in [0.1, 0.15) is 109 Å². The Morgan fingerprint density at radius 3 is 0.720 bits per heavy atom. The van der Waals surface area contributed by atoms with Gasteiger partial charge in [0.25, 0.3) is 0 Å². The molecule has 6 aliphatic carbocycles. The van der Waals surface area contributed by atoms with Gasteiger partial charge in [0.1, 0.15) is 0 Å². The summed E-state index contributed by atoms with van der Waals surface area (Å²) in [4.78, 5) is 0. The van der Waals surface area contributed by atoms with Crippen molar-refractivity contribution in [1.82, 2.24) is 0 Å². The zero-order valence-electron chi connectivity index (χ0n) is 36.4. The molecule has 0 aromatic heterocycles. The van der Waals surface area contributed by atoms with Gasteiger partial charge in [-0.05, 0) is 120 Å². The van der Waals surface area contributed by atoms with E-state index >= 15 is 0 Å². The van der Waals surface area contributed by atoms with Gasteiger partial charge in [-0.1, -0.05) is 132 Å². The van der Waals surface area contributed by atoms with E-state index in [1.807, 2.05) is 0 Å². The molecule has 0 heterocycles. The molecule has 0 radical (unpaired) electrons. The van der Waals surface area contributed by atoms with Gasteiger partial charge in [-0.25, -0.2) is 0 Å². The first-order valence-electron chi connectivity index (χ1n) is 17.9. The zero-order chi connectivity index (χ0) is 32.4. The van der Waals surface area contributed by atoms with Crippen LogP contribution in [0.2, 0.25) is 0 Å². The third-order valence-electron chi connectivity index (χ3n) is 14.1. The molecule has 0 saturated heterocycles. The second-order valence-electron chi connectivity index (χ2n) is 15.8. The van der Waals surface area contributed by atoms with Gasteiger partial charge in [-0.15, -0.1) is 0 Å². The van der Waals surface area contributed by atoms with E-state index in [0.717, 1.165) is 94.7 Å². The van der Waals surface area contributed by atoms with Gasteiger partial charge >= 0.3 is 64.1 Å². The maximum atomic E-state index is 4.93. The zero-order valence-corrected chi connectivity index (χ0v) is 42.9. The number of hydrogen-bond donors (Lipinski definition) is 0. The molecule has 0 aromatic rings. The molecular formula is C46H86Cl2Zr2. The maximum absolute atomic E-state index is 4.93. The molecule has 292 valence electrons. The maximum Gasteiger partial charge on any atom is 4.00 e. The summed E-state index contributed by atoms with van der Waals surface area (Å²) in [6.45, 7) is 28.7. The van der Waals surface area contributed by atoms with Crippen molar-refractivity contribution in [3.05, 3.63) is 93.2 Å². The van der Waals surface area contributed by atoms with Crippen molar-refractivity contribution >= 4 is 17.0 Å². The number of rotatable bonds is 0. The van der Waals surface area contributed by atoms with Gasteiger partial charge in [-0.3, -0.25) is 0 Å². The quantitative estimate of drug-likeness (QED) is 0.213. The number of allylic oxidation sites excluding steroid dienone is 8. The number of hydrogen-bond acceptors (Lipinski definition) is 0. The van der Waals surface area contributed by atoms with Gasteiger partial charge < -0.3 is 44.6 Å². The van der Waals surface area contributed by atoms with Crippen molar-refractivity contribution in [2.75, 3.05) is 0 Å². The molecular weight excluding hydrogens is 806 g/mol. The summed E-state index contributed by atoms with van der Waals surface area (Å²) in [5.74, 6) is 14.7. The normalized spacial score (nSPS) is 40.0. The molecule has 0 amide bonds. The molecule has 4 heteroatoms. The van der Waals surface area contributed by atoms with Crippen LogP contribution in [0.4, 0.5) is 0 Å². The largest absolute Gasteiger partial charge is 4.00 e. The van der Waals surface area contributed by atoms with Gasteiger partial charge in [0.15, 0.2) is 0 Å². The first kappa shape index (κ1) is 63.3. The van der Waals surface area contributed by atoms with E-state index in [4.69, 9.17) is 17.0 Å². The first-order chi connectivity index (χ1) is 20.3. The minimum Gasteiger partial charge on any atom is 4.00 e. The standard InChI is InChI=1S/2C10H14.2C10H20.6CH3.2ClH.2Zr/c2*1-8-6-7-9-4-2-3-5-10(8)9;2*1-6-7(2)9(4)10(5)8(6)3;;;;;;;;;;/h2*2-5,8-10H,6-7H2,1H3;2*6-10H,1-5H3;6*1H3;2*1H;;/q;;;;6*-1;;;2*+4/p-2. The molecule has 6 aliphatic rings. The summed E-state index contributed by atoms with van der Waals surface area (Å²) in [5, 5.41) is 0. The predicted octanol–water partition coefficient (Wildman–Crippen LogP) is 16.0. The van der Waals surface area contributed by atoms with E-state index in [-0.39, 0.29) is 70.8 Å². The van der Waals surface area contributed by atoms with E-state index in [1.54, 1.807) is 0 Å². The van der Waals surface area contributed by atoms with Gasteiger partial charge in [-0.2, -0.15) is 0 Å². The Balaban J connectivity index is -0.000000120. The monoisotopic (exact) mass is 888 g/mol. The van der Waals surface area contributed by atoms with Crippen LogP contribution in [0.3, 0.4) is 0 Å². The van der Waals surface area contributed by atoms with Crippen molar-refractivity contribution in [3.63, 3.8) is 0 Å². The summed E-state index contributed by atoms with van der Waals surface area (Å²) in [6.07, 6.45) is 23.9. The van der Waals surface area contributed by atoms with Gasteiger partial charge in [0.05, 0.1) is 0 Å². The Bertz CT molecular complexity index is 750. The summed E-state index contributed by atoms with van der Waals surface area (Å²) >= 11 is -0.826. The molecule has 0 bridgehead atoms. The van der Waals surface area contributed by atoms with Crippen LogP contribution in [0, 0.1) is 139 Å². The third-order valence-corrected chi connectivity index (χ3v) is 14.1. The molecule has 0 aromatic carbocycles. The molecule has 6 atom stereocenters. The van der Waals surface area contributed by atoms with E-state index < -0.39 is 20.8 Å². The van der Waals surface area contributed by atoms with Gasteiger partial charge in [0.2, 0.25) is 0 Å². The fourth-order valence-corrected chi connectivity index (χ4v) is 9.23. The van der Waals surface area contributed by atoms with Crippen LogP contribution in [0.5, 0.6) is 0 Å². The Morgan fingerprint density at radius 2 is 0.540 bits per heavy atom. The number of halogens is 2. The second kappa shape index (κ2) is 31.5. The van der Waals surface area contributed by atoms with Crippen molar-refractivity contribution in [2.24, 2.45) is 94.7 Å². The molecule has 4 fully saturated rings. The van der Waals surface area contributed by atoms with E-state index in [1.165, 1.54) is 25.7 Å². The Morgan fingerprint density at radius 1 is 0.360 bits per heavy atom. The fourth-order valence-electron chi connectivity index (χ4n) is 9.23. The van der Waals surface area contributed by atoms with Crippen molar-refractivity contribution in [2.45, 2.75) is 109 Å². The summed E-state index contributed by atoms with van der Waals surface area (Å²) in [7, 11) is 9.87. The second-order valence-corrected chi connectivity index (χ2v) is 19.5. The van der Waals surface area contributed by atoms with Crippen LogP contribution in [-0.4, -0.2) is 0 Å². The third kappa shape index (κ3) is 17.4. The molecule has 0 aliphatic heterocycles. The smallest absolute Gasteiger partial charge is 4.00 e. The SMILES string of the molecule is CC1C(C)C(C)C(C)C1C.CC1C(C)C(C)C(C)C1C.CC1CCC2C=CC=CC12.CC1CCC2C=CC=CC12.[CH3-].[CH3-].[CH3-].[CH3-].[CH3-].[CH3-].[Cl][Zr+2][Cl].[Zr+4]. The Hall–Kier alpha value is 1.31. The number of fused-ring (bicyclic) bond motifs is 2. The Kier molecular flexibility index (Phi) is 39.9. The van der Waals surface area contributed by atoms with Gasteiger partial charge in [0, 0.05) is 0 Å².